The molecule has 2 rings (SSSR count). The zero-order valence-electron chi connectivity index (χ0n) is 9.10. The zero-order chi connectivity index (χ0) is 10.7. The zero-order valence-corrected chi connectivity index (χ0v) is 10.8. The Bertz CT molecular complexity index is 387. The van der Waals surface area contributed by atoms with E-state index in [4.69, 9.17) is 4.52 Å². The average Bonchev–Trinajstić information content (AvgIpc) is 2.29. The van der Waals surface area contributed by atoms with Gasteiger partial charge in [-0.05, 0) is 23.1 Å². The molecule has 0 bridgehead atoms. The van der Waals surface area contributed by atoms with Crippen molar-refractivity contribution in [1.82, 2.24) is 10.3 Å². The fourth-order valence-corrected chi connectivity index (χ4v) is 2.38. The number of rotatable bonds is 3. The van der Waals surface area contributed by atoms with Crippen LogP contribution in [0.5, 0.6) is 0 Å². The van der Waals surface area contributed by atoms with Crippen LogP contribution in [0.3, 0.4) is 0 Å². The SMILES string of the molecule is CCO[P+](=O)c1ccc2c(n1)CCNC2.Cl. The molecular formula is C10H15ClN2O2P+. The van der Waals surface area contributed by atoms with Gasteiger partial charge in [0.1, 0.15) is 6.61 Å². The second-order valence-electron chi connectivity index (χ2n) is 3.38. The molecule has 1 N–H and O–H groups in total. The number of aromatic nitrogens is 1. The third-order valence-corrected chi connectivity index (χ3v) is 3.46. The van der Waals surface area contributed by atoms with E-state index in [-0.39, 0.29) is 12.4 Å². The van der Waals surface area contributed by atoms with E-state index in [0.717, 1.165) is 25.2 Å². The van der Waals surface area contributed by atoms with Crippen LogP contribution in [0.25, 0.3) is 0 Å². The van der Waals surface area contributed by atoms with E-state index in [1.165, 1.54) is 5.56 Å². The molecule has 4 nitrogen and oxygen atoms in total. The van der Waals surface area contributed by atoms with E-state index >= 15 is 0 Å². The van der Waals surface area contributed by atoms with Crippen molar-refractivity contribution in [2.45, 2.75) is 19.9 Å². The first kappa shape index (κ1) is 13.5. The summed E-state index contributed by atoms with van der Waals surface area (Å²) in [5.74, 6) is 0. The maximum atomic E-state index is 11.6. The smallest absolute Gasteiger partial charge is 0.312 e. The quantitative estimate of drug-likeness (QED) is 0.839. The van der Waals surface area contributed by atoms with Crippen LogP contribution in [0, 0.1) is 0 Å². The third-order valence-electron chi connectivity index (χ3n) is 2.34. The maximum absolute atomic E-state index is 11.6. The second kappa shape index (κ2) is 6.26. The van der Waals surface area contributed by atoms with Crippen LogP contribution >= 0.6 is 20.4 Å². The molecule has 88 valence electrons. The number of nitrogens with zero attached hydrogens (tertiary/aromatic N) is 1. The molecule has 0 radical (unpaired) electrons. The van der Waals surface area contributed by atoms with E-state index in [1.54, 1.807) is 6.07 Å². The number of pyridine rings is 1. The standard InChI is InChI=1S/C10H14N2O2P.ClH/c1-2-14-15(13)10-4-3-8-7-11-6-5-9(8)12-10;/h3-4,11H,2,5-7H2,1H3;1H/q+1;. The van der Waals surface area contributed by atoms with Gasteiger partial charge < -0.3 is 5.32 Å². The molecular weight excluding hydrogens is 247 g/mol. The van der Waals surface area contributed by atoms with E-state index in [2.05, 4.69) is 10.3 Å². The lowest BCUT2D eigenvalue weighted by Crippen LogP contribution is -2.26. The summed E-state index contributed by atoms with van der Waals surface area (Å²) in [6.45, 7) is 4.08. The lowest BCUT2D eigenvalue weighted by Gasteiger charge is -2.14. The van der Waals surface area contributed by atoms with Crippen LogP contribution in [-0.2, 0) is 22.1 Å². The fraction of sp³-hybridized carbons (Fsp3) is 0.500. The molecule has 1 aromatic heterocycles. The minimum atomic E-state index is -1.77. The molecule has 0 aromatic carbocycles. The molecule has 0 fully saturated rings. The Balaban J connectivity index is 0.00000128. The summed E-state index contributed by atoms with van der Waals surface area (Å²) in [6, 6.07) is 3.77. The maximum Gasteiger partial charge on any atom is 0.569 e. The van der Waals surface area contributed by atoms with Crippen LogP contribution in [-0.4, -0.2) is 18.1 Å². The third kappa shape index (κ3) is 2.98. The Kier molecular flexibility index (Phi) is 5.29. The van der Waals surface area contributed by atoms with Crippen molar-refractivity contribution in [3.63, 3.8) is 0 Å². The van der Waals surface area contributed by atoms with Gasteiger partial charge in [0.2, 0.25) is 0 Å². The van der Waals surface area contributed by atoms with Crippen LogP contribution < -0.4 is 10.8 Å². The van der Waals surface area contributed by atoms with E-state index in [0.29, 0.717) is 12.0 Å². The van der Waals surface area contributed by atoms with Gasteiger partial charge in [-0.2, -0.15) is 0 Å². The van der Waals surface area contributed by atoms with Gasteiger partial charge in [-0.25, -0.2) is 4.98 Å². The van der Waals surface area contributed by atoms with Gasteiger partial charge >= 0.3 is 13.5 Å². The van der Waals surface area contributed by atoms with Crippen molar-refractivity contribution in [2.75, 3.05) is 13.2 Å². The van der Waals surface area contributed by atoms with Gasteiger partial charge in [0.05, 0.1) is 5.69 Å². The van der Waals surface area contributed by atoms with Crippen molar-refractivity contribution >= 4 is 25.9 Å². The average molecular weight is 262 g/mol. The molecule has 1 aliphatic rings. The lowest BCUT2D eigenvalue weighted by atomic mass is 10.1. The summed E-state index contributed by atoms with van der Waals surface area (Å²) in [7, 11) is -1.77. The molecule has 0 saturated heterocycles. The minimum absolute atomic E-state index is 0. The monoisotopic (exact) mass is 261 g/mol. The number of nitrogens with one attached hydrogen (secondary N) is 1. The Morgan fingerprint density at radius 3 is 3.12 bits per heavy atom. The number of halogens is 1. The van der Waals surface area contributed by atoms with Gasteiger partial charge in [0, 0.05) is 25.6 Å². The first-order valence-corrected chi connectivity index (χ1v) is 6.28. The van der Waals surface area contributed by atoms with Crippen molar-refractivity contribution in [1.29, 1.82) is 0 Å². The highest BCUT2D eigenvalue weighted by atomic mass is 35.5. The number of hydrogen-bond donors (Lipinski definition) is 1. The first-order valence-electron chi connectivity index (χ1n) is 5.11. The molecule has 1 atom stereocenters. The molecule has 16 heavy (non-hydrogen) atoms. The molecule has 2 heterocycles. The van der Waals surface area contributed by atoms with Crippen LogP contribution in [0.1, 0.15) is 18.2 Å². The van der Waals surface area contributed by atoms with E-state index in [1.807, 2.05) is 13.0 Å². The van der Waals surface area contributed by atoms with Crippen LogP contribution in [0.2, 0.25) is 0 Å². The molecule has 1 aromatic rings. The normalized spacial score (nSPS) is 14.9. The number of fused-ring (bicyclic) bond motifs is 1. The van der Waals surface area contributed by atoms with Crippen molar-refractivity contribution in [2.24, 2.45) is 0 Å². The fourth-order valence-electron chi connectivity index (χ4n) is 1.61. The minimum Gasteiger partial charge on any atom is -0.312 e. The predicted octanol–water partition coefficient (Wildman–Crippen LogP) is 1.55. The molecule has 0 saturated carbocycles. The summed E-state index contributed by atoms with van der Waals surface area (Å²) >= 11 is 0. The topological polar surface area (TPSA) is 51.2 Å². The van der Waals surface area contributed by atoms with Crippen molar-refractivity contribution < 1.29 is 9.09 Å². The molecule has 0 aliphatic carbocycles. The van der Waals surface area contributed by atoms with E-state index in [9.17, 15) is 4.57 Å². The van der Waals surface area contributed by atoms with Gasteiger partial charge in [0.25, 0.3) is 0 Å². The first-order chi connectivity index (χ1) is 7.31. The highest BCUT2D eigenvalue weighted by Gasteiger charge is 2.25. The molecule has 0 amide bonds. The Morgan fingerprint density at radius 2 is 2.38 bits per heavy atom. The second-order valence-corrected chi connectivity index (χ2v) is 4.61. The van der Waals surface area contributed by atoms with Crippen LogP contribution in [0.4, 0.5) is 0 Å². The highest BCUT2D eigenvalue weighted by Crippen LogP contribution is 2.21. The molecule has 0 spiro atoms. The summed E-state index contributed by atoms with van der Waals surface area (Å²) in [4.78, 5) is 4.38. The Labute approximate surface area is 102 Å². The summed E-state index contributed by atoms with van der Waals surface area (Å²) in [6.07, 6.45) is 0.901. The molecule has 1 aliphatic heterocycles. The van der Waals surface area contributed by atoms with Gasteiger partial charge in [-0.1, -0.05) is 0 Å². The van der Waals surface area contributed by atoms with Gasteiger partial charge in [-0.3, -0.25) is 0 Å². The van der Waals surface area contributed by atoms with E-state index < -0.39 is 8.03 Å². The van der Waals surface area contributed by atoms with Gasteiger partial charge in [0.15, 0.2) is 0 Å². The number of hydrogen-bond acceptors (Lipinski definition) is 4. The summed E-state index contributed by atoms with van der Waals surface area (Å²) in [5, 5.41) is 3.27. The summed E-state index contributed by atoms with van der Waals surface area (Å²) < 4.78 is 16.6. The Morgan fingerprint density at radius 1 is 1.56 bits per heavy atom. The molecule has 6 heteroatoms. The lowest BCUT2D eigenvalue weighted by molar-refractivity contribution is 0.356. The Hall–Kier alpha value is -0.540. The van der Waals surface area contributed by atoms with Crippen molar-refractivity contribution in [3.8, 4) is 0 Å². The molecule has 1 unspecified atom stereocenters. The largest absolute Gasteiger partial charge is 0.569 e. The van der Waals surface area contributed by atoms with Crippen LogP contribution in [0.15, 0.2) is 12.1 Å². The van der Waals surface area contributed by atoms with Crippen molar-refractivity contribution in [3.05, 3.63) is 23.4 Å². The van der Waals surface area contributed by atoms with Gasteiger partial charge in [-0.15, -0.1) is 16.9 Å². The predicted molar refractivity (Wildman–Crippen MR) is 65.8 cm³/mol. The highest BCUT2D eigenvalue weighted by molar-refractivity contribution is 7.48. The summed E-state index contributed by atoms with van der Waals surface area (Å²) in [5.41, 5.74) is 2.81.